The predicted octanol–water partition coefficient (Wildman–Crippen LogP) is 5.92. The Hall–Kier alpha value is -0.0400. The van der Waals surface area contributed by atoms with Crippen molar-refractivity contribution in [2.75, 3.05) is 0 Å². The fourth-order valence-electron chi connectivity index (χ4n) is 4.59. The van der Waals surface area contributed by atoms with Crippen LogP contribution in [-0.4, -0.2) is 23.0 Å². The maximum Gasteiger partial charge on any atom is 0.0102 e. The number of unbranched alkanes of at least 4 members (excludes halogenated alkanes) is 6. The Morgan fingerprint density at radius 3 is 2.30 bits per heavy atom. The molecule has 2 aliphatic rings. The van der Waals surface area contributed by atoms with Gasteiger partial charge < -0.3 is 0 Å². The first-order chi connectivity index (χ1) is 9.83. The molecule has 0 radical (unpaired) electrons. The highest BCUT2D eigenvalue weighted by Crippen LogP contribution is 2.36. The molecule has 2 heterocycles. The van der Waals surface area contributed by atoms with Gasteiger partial charge in [-0.1, -0.05) is 64.7 Å². The van der Waals surface area contributed by atoms with Crippen molar-refractivity contribution in [3.05, 3.63) is 0 Å². The SMILES string of the molecule is CCCCCCCCC[C@H]1CC[C@H]2CCCC[C@H](C)N21. The molecule has 1 heteroatoms. The molecule has 2 saturated heterocycles. The summed E-state index contributed by atoms with van der Waals surface area (Å²) in [5, 5.41) is 0. The standard InChI is InChI=1S/C19H37N/c1-3-4-5-6-7-8-9-13-18-15-16-19-14-11-10-12-17(2)20(18)19/h17-19H,3-16H2,1-2H3/t17-,18-,19+/m0/s1. The Morgan fingerprint density at radius 2 is 1.50 bits per heavy atom. The molecule has 2 fully saturated rings. The Kier molecular flexibility index (Phi) is 7.41. The van der Waals surface area contributed by atoms with Gasteiger partial charge in [0, 0.05) is 18.1 Å². The molecule has 2 aliphatic heterocycles. The average molecular weight is 280 g/mol. The molecule has 0 bridgehead atoms. The molecule has 0 unspecified atom stereocenters. The van der Waals surface area contributed by atoms with E-state index >= 15 is 0 Å². The second-order valence-electron chi connectivity index (χ2n) is 7.38. The maximum atomic E-state index is 2.93. The molecule has 0 saturated carbocycles. The summed E-state index contributed by atoms with van der Waals surface area (Å²) in [5.74, 6) is 0. The molecule has 0 aromatic rings. The fourth-order valence-corrected chi connectivity index (χ4v) is 4.59. The van der Waals surface area contributed by atoms with Crippen LogP contribution in [0.1, 0.15) is 104 Å². The van der Waals surface area contributed by atoms with Gasteiger partial charge in [-0.05, 0) is 39.0 Å². The molecule has 20 heavy (non-hydrogen) atoms. The minimum atomic E-state index is 0.861. The van der Waals surface area contributed by atoms with Gasteiger partial charge >= 0.3 is 0 Å². The summed E-state index contributed by atoms with van der Waals surface area (Å²) in [6.45, 7) is 4.79. The van der Waals surface area contributed by atoms with Gasteiger partial charge in [-0.25, -0.2) is 0 Å². The van der Waals surface area contributed by atoms with E-state index in [0.717, 1.165) is 18.1 Å². The summed E-state index contributed by atoms with van der Waals surface area (Å²) in [7, 11) is 0. The Labute approximate surface area is 127 Å². The zero-order valence-corrected chi connectivity index (χ0v) is 14.1. The van der Waals surface area contributed by atoms with Gasteiger partial charge in [-0.3, -0.25) is 4.90 Å². The van der Waals surface area contributed by atoms with Gasteiger partial charge in [0.2, 0.25) is 0 Å². The van der Waals surface area contributed by atoms with Gasteiger partial charge in [-0.2, -0.15) is 0 Å². The summed E-state index contributed by atoms with van der Waals surface area (Å²) in [5.41, 5.74) is 0. The molecule has 118 valence electrons. The van der Waals surface area contributed by atoms with Crippen LogP contribution in [0.25, 0.3) is 0 Å². The number of nitrogens with zero attached hydrogens (tertiary/aromatic N) is 1. The maximum absolute atomic E-state index is 2.93. The van der Waals surface area contributed by atoms with Crippen LogP contribution in [0, 0.1) is 0 Å². The van der Waals surface area contributed by atoms with Crippen molar-refractivity contribution in [1.82, 2.24) is 4.90 Å². The van der Waals surface area contributed by atoms with Crippen LogP contribution in [0.2, 0.25) is 0 Å². The van der Waals surface area contributed by atoms with E-state index in [4.69, 9.17) is 0 Å². The molecule has 1 nitrogen and oxygen atoms in total. The molecule has 0 N–H and O–H groups in total. The second kappa shape index (κ2) is 9.07. The van der Waals surface area contributed by atoms with Crippen molar-refractivity contribution >= 4 is 0 Å². The summed E-state index contributed by atoms with van der Waals surface area (Å²) in [6, 6.07) is 2.74. The van der Waals surface area contributed by atoms with Crippen LogP contribution in [0.3, 0.4) is 0 Å². The summed E-state index contributed by atoms with van der Waals surface area (Å²) < 4.78 is 0. The minimum Gasteiger partial charge on any atom is -0.295 e. The third kappa shape index (κ3) is 4.76. The topological polar surface area (TPSA) is 3.24 Å². The van der Waals surface area contributed by atoms with Gasteiger partial charge in [0.15, 0.2) is 0 Å². The van der Waals surface area contributed by atoms with Crippen LogP contribution in [0.4, 0.5) is 0 Å². The van der Waals surface area contributed by atoms with Crippen LogP contribution in [0.5, 0.6) is 0 Å². The van der Waals surface area contributed by atoms with E-state index in [-0.39, 0.29) is 0 Å². The Balaban J connectivity index is 1.63. The van der Waals surface area contributed by atoms with E-state index in [1.165, 1.54) is 89.9 Å². The lowest BCUT2D eigenvalue weighted by atomic mass is 10.0. The average Bonchev–Trinajstić information content (AvgIpc) is 2.76. The molecule has 2 rings (SSSR count). The first kappa shape index (κ1) is 16.3. The number of rotatable bonds is 8. The van der Waals surface area contributed by atoms with Crippen LogP contribution < -0.4 is 0 Å². The highest BCUT2D eigenvalue weighted by molar-refractivity contribution is 4.92. The Bertz CT molecular complexity index is 250. The van der Waals surface area contributed by atoms with E-state index in [0.29, 0.717) is 0 Å². The normalized spacial score (nSPS) is 31.2. The van der Waals surface area contributed by atoms with Crippen LogP contribution in [0.15, 0.2) is 0 Å². The van der Waals surface area contributed by atoms with Crippen LogP contribution in [-0.2, 0) is 0 Å². The molecule has 0 aliphatic carbocycles. The quantitative estimate of drug-likeness (QED) is 0.498. The van der Waals surface area contributed by atoms with Gasteiger partial charge in [-0.15, -0.1) is 0 Å². The zero-order chi connectivity index (χ0) is 14.2. The molecule has 0 aromatic heterocycles. The van der Waals surface area contributed by atoms with Crippen molar-refractivity contribution in [3.8, 4) is 0 Å². The first-order valence-electron chi connectivity index (χ1n) is 9.60. The van der Waals surface area contributed by atoms with E-state index in [1.807, 2.05) is 0 Å². The highest BCUT2D eigenvalue weighted by atomic mass is 15.2. The molecule has 0 amide bonds. The summed E-state index contributed by atoms with van der Waals surface area (Å²) in [6.07, 6.45) is 20.5. The number of hydrogen-bond donors (Lipinski definition) is 0. The van der Waals surface area contributed by atoms with Gasteiger partial charge in [0.25, 0.3) is 0 Å². The largest absolute Gasteiger partial charge is 0.295 e. The van der Waals surface area contributed by atoms with Crippen LogP contribution >= 0.6 is 0 Å². The number of hydrogen-bond acceptors (Lipinski definition) is 1. The zero-order valence-electron chi connectivity index (χ0n) is 14.1. The number of fused-ring (bicyclic) bond motifs is 1. The Morgan fingerprint density at radius 1 is 0.800 bits per heavy atom. The monoisotopic (exact) mass is 279 g/mol. The predicted molar refractivity (Wildman–Crippen MR) is 89.2 cm³/mol. The smallest absolute Gasteiger partial charge is 0.0102 e. The molecular weight excluding hydrogens is 242 g/mol. The minimum absolute atomic E-state index is 0.861. The second-order valence-corrected chi connectivity index (χ2v) is 7.38. The van der Waals surface area contributed by atoms with Crippen molar-refractivity contribution in [2.45, 2.75) is 122 Å². The lowest BCUT2D eigenvalue weighted by molar-refractivity contribution is 0.132. The molecule has 3 atom stereocenters. The van der Waals surface area contributed by atoms with Crippen molar-refractivity contribution in [2.24, 2.45) is 0 Å². The van der Waals surface area contributed by atoms with E-state index in [1.54, 1.807) is 0 Å². The lowest BCUT2D eigenvalue weighted by Crippen LogP contribution is -2.41. The molecular formula is C19H37N. The van der Waals surface area contributed by atoms with Gasteiger partial charge in [0.05, 0.1) is 0 Å². The summed E-state index contributed by atoms with van der Waals surface area (Å²) >= 11 is 0. The van der Waals surface area contributed by atoms with E-state index in [2.05, 4.69) is 18.7 Å². The van der Waals surface area contributed by atoms with Gasteiger partial charge in [0.1, 0.15) is 0 Å². The fraction of sp³-hybridized carbons (Fsp3) is 1.00. The molecule has 0 aromatic carbocycles. The molecule has 0 spiro atoms. The summed E-state index contributed by atoms with van der Waals surface area (Å²) in [4.78, 5) is 2.93. The third-order valence-electron chi connectivity index (χ3n) is 5.74. The highest BCUT2D eigenvalue weighted by Gasteiger charge is 2.36. The van der Waals surface area contributed by atoms with Crippen molar-refractivity contribution in [1.29, 1.82) is 0 Å². The van der Waals surface area contributed by atoms with E-state index in [9.17, 15) is 0 Å². The first-order valence-corrected chi connectivity index (χ1v) is 9.60. The lowest BCUT2D eigenvalue weighted by Gasteiger charge is -2.34. The van der Waals surface area contributed by atoms with Crippen molar-refractivity contribution in [3.63, 3.8) is 0 Å². The van der Waals surface area contributed by atoms with E-state index < -0.39 is 0 Å². The third-order valence-corrected chi connectivity index (χ3v) is 5.74. The van der Waals surface area contributed by atoms with Crippen molar-refractivity contribution < 1.29 is 0 Å².